The number of oxime groups is 1. The van der Waals surface area contributed by atoms with Crippen molar-refractivity contribution in [2.24, 2.45) is 5.16 Å². The number of benzene rings is 1. The van der Waals surface area contributed by atoms with E-state index in [1.165, 1.54) is 18.2 Å². The van der Waals surface area contributed by atoms with E-state index in [0.29, 0.717) is 31.2 Å². The molecular weight excluding hydrogens is 562 g/mol. The van der Waals surface area contributed by atoms with Crippen LogP contribution in [0.5, 0.6) is 11.5 Å². The Morgan fingerprint density at radius 1 is 0.882 bits per heavy atom. The molecule has 0 N–H and O–H groups in total. The summed E-state index contributed by atoms with van der Waals surface area (Å²) < 4.78 is 89.5. The zero-order valence-electron chi connectivity index (χ0n) is 17.2. The molecule has 194 valence electrons. The number of hydrogen-bond donors (Lipinski definition) is 0. The van der Waals surface area contributed by atoms with Gasteiger partial charge in [-0.05, 0) is 25.3 Å². The summed E-state index contributed by atoms with van der Waals surface area (Å²) in [4.78, 5) is 3.51. The topological polar surface area (TPSA) is 49.3 Å². The number of ether oxygens (including phenoxy) is 3. The van der Waals surface area contributed by atoms with E-state index in [2.05, 4.69) is 9.99 Å². The Hall–Kier alpha value is -1.27. The predicted octanol–water partition coefficient (Wildman–Crippen LogP) is 7.75. The van der Waals surface area contributed by atoms with E-state index in [1.54, 1.807) is 0 Å². The number of alkyl halides is 6. The lowest BCUT2D eigenvalue weighted by Gasteiger charge is -2.20. The maximum atomic E-state index is 12.2. The lowest BCUT2D eigenvalue weighted by molar-refractivity contribution is -0.322. The molecule has 5 nitrogen and oxygen atoms in total. The molecule has 0 saturated carbocycles. The minimum Gasteiger partial charge on any atom is -0.490 e. The molecule has 1 aromatic carbocycles. The maximum Gasteiger partial charge on any atom is 0.437 e. The first-order chi connectivity index (χ1) is 15.8. The third kappa shape index (κ3) is 12.4. The van der Waals surface area contributed by atoms with E-state index in [1.807, 2.05) is 0 Å². The molecule has 0 bridgehead atoms. The molecule has 0 aliphatic heterocycles. The number of hydrogen-bond acceptors (Lipinski definition) is 5. The standard InChI is InChI=1S/C19H19Cl4F6NO4/c20-13-10-12(32-8-4-15(22)23)11-14(21)16(13)33-7-3-1-2-6-31-9-5-30-34-17(18(24,25)26)19(27,28)29/h4-5,10-11,17H,1-3,6-9H2. The van der Waals surface area contributed by atoms with Crippen molar-refractivity contribution in [1.82, 2.24) is 0 Å². The summed E-state index contributed by atoms with van der Waals surface area (Å²) >= 11 is 23.3. The number of rotatable bonds is 14. The highest BCUT2D eigenvalue weighted by molar-refractivity contribution is 6.55. The number of unbranched alkanes of at least 4 members (excludes halogenated alkanes) is 2. The molecular formula is C19H19Cl4F6NO4. The summed E-state index contributed by atoms with van der Waals surface area (Å²) in [6, 6.07) is 3.03. The second-order valence-corrected chi connectivity index (χ2v) is 8.18. The predicted molar refractivity (Wildman–Crippen MR) is 117 cm³/mol. The van der Waals surface area contributed by atoms with Crippen molar-refractivity contribution in [2.45, 2.75) is 37.7 Å². The molecule has 0 spiro atoms. The summed E-state index contributed by atoms with van der Waals surface area (Å²) in [5.41, 5.74) is 0. The summed E-state index contributed by atoms with van der Waals surface area (Å²) in [5.74, 6) is 0.677. The van der Waals surface area contributed by atoms with Gasteiger partial charge in [0.1, 0.15) is 16.8 Å². The average Bonchev–Trinajstić information content (AvgIpc) is 2.68. The average molecular weight is 581 g/mol. The van der Waals surface area contributed by atoms with E-state index in [4.69, 9.17) is 60.6 Å². The van der Waals surface area contributed by atoms with Gasteiger partial charge in [-0.15, -0.1) is 0 Å². The second-order valence-electron chi connectivity index (χ2n) is 6.36. The molecule has 0 aliphatic rings. The Balaban J connectivity index is 2.24. The molecule has 0 atom stereocenters. The quantitative estimate of drug-likeness (QED) is 0.0977. The van der Waals surface area contributed by atoms with Gasteiger partial charge < -0.3 is 19.0 Å². The number of nitrogens with zero attached hydrogens (tertiary/aromatic N) is 1. The molecule has 0 aromatic heterocycles. The first-order valence-corrected chi connectivity index (χ1v) is 11.0. The Morgan fingerprint density at radius 3 is 2.03 bits per heavy atom. The van der Waals surface area contributed by atoms with Crippen LogP contribution < -0.4 is 9.47 Å². The molecule has 0 heterocycles. The van der Waals surface area contributed by atoms with E-state index in [0.717, 1.165) is 0 Å². The van der Waals surface area contributed by atoms with Crippen molar-refractivity contribution >= 4 is 52.6 Å². The highest BCUT2D eigenvalue weighted by atomic mass is 35.5. The molecule has 0 fully saturated rings. The van der Waals surface area contributed by atoms with Crippen LogP contribution in [-0.4, -0.2) is 51.1 Å². The van der Waals surface area contributed by atoms with Crippen LogP contribution in [0.3, 0.4) is 0 Å². The van der Waals surface area contributed by atoms with Gasteiger partial charge in [-0.2, -0.15) is 26.3 Å². The molecule has 0 amide bonds. The van der Waals surface area contributed by atoms with Crippen LogP contribution in [0.2, 0.25) is 10.0 Å². The van der Waals surface area contributed by atoms with Crippen molar-refractivity contribution in [3.8, 4) is 11.5 Å². The highest BCUT2D eigenvalue weighted by Gasteiger charge is 2.59. The smallest absolute Gasteiger partial charge is 0.437 e. The van der Waals surface area contributed by atoms with Gasteiger partial charge in [0.15, 0.2) is 5.75 Å². The first-order valence-electron chi connectivity index (χ1n) is 9.47. The van der Waals surface area contributed by atoms with Gasteiger partial charge in [-0.3, -0.25) is 0 Å². The van der Waals surface area contributed by atoms with Gasteiger partial charge in [0.25, 0.3) is 0 Å². The van der Waals surface area contributed by atoms with Crippen LogP contribution in [0.25, 0.3) is 0 Å². The lowest BCUT2D eigenvalue weighted by atomic mass is 10.2. The van der Waals surface area contributed by atoms with Gasteiger partial charge in [-0.1, -0.05) is 51.6 Å². The fourth-order valence-corrected chi connectivity index (χ4v) is 2.89. The Kier molecular flexibility index (Phi) is 13.5. The molecule has 0 aliphatic carbocycles. The molecule has 0 saturated heterocycles. The van der Waals surface area contributed by atoms with Gasteiger partial charge >= 0.3 is 18.5 Å². The van der Waals surface area contributed by atoms with Gasteiger partial charge in [0.2, 0.25) is 0 Å². The van der Waals surface area contributed by atoms with Crippen LogP contribution in [0.15, 0.2) is 27.9 Å². The van der Waals surface area contributed by atoms with Crippen molar-refractivity contribution < 1.29 is 45.4 Å². The monoisotopic (exact) mass is 579 g/mol. The molecule has 1 rings (SSSR count). The summed E-state index contributed by atoms with van der Waals surface area (Å²) in [6.07, 6.45) is -11.3. The van der Waals surface area contributed by atoms with Crippen molar-refractivity contribution in [2.75, 3.05) is 26.4 Å². The molecule has 0 unspecified atom stereocenters. The number of halogens is 10. The Labute approximate surface area is 211 Å². The maximum absolute atomic E-state index is 12.2. The lowest BCUT2D eigenvalue weighted by Crippen LogP contribution is -2.43. The van der Waals surface area contributed by atoms with E-state index >= 15 is 0 Å². The largest absolute Gasteiger partial charge is 0.490 e. The summed E-state index contributed by atoms with van der Waals surface area (Å²) in [6.45, 7) is 0.293. The highest BCUT2D eigenvalue weighted by Crippen LogP contribution is 2.37. The van der Waals surface area contributed by atoms with Crippen molar-refractivity contribution in [1.29, 1.82) is 0 Å². The third-order valence-corrected chi connectivity index (χ3v) is 4.54. The molecule has 34 heavy (non-hydrogen) atoms. The fraction of sp³-hybridized carbons (Fsp3) is 0.526. The van der Waals surface area contributed by atoms with Crippen LogP contribution in [-0.2, 0) is 9.57 Å². The minimum atomic E-state index is -5.63. The van der Waals surface area contributed by atoms with Crippen molar-refractivity contribution in [3.63, 3.8) is 0 Å². The Morgan fingerprint density at radius 2 is 1.47 bits per heavy atom. The SMILES string of the molecule is FC(F)(F)C(ON=CCOCCCCCOc1c(Cl)cc(OCC=C(Cl)Cl)cc1Cl)C(F)(F)F. The van der Waals surface area contributed by atoms with Gasteiger partial charge in [0.05, 0.1) is 29.5 Å². The van der Waals surface area contributed by atoms with Crippen LogP contribution in [0, 0.1) is 0 Å². The van der Waals surface area contributed by atoms with Gasteiger partial charge in [-0.25, -0.2) is 0 Å². The van der Waals surface area contributed by atoms with Crippen molar-refractivity contribution in [3.05, 3.63) is 32.7 Å². The molecule has 15 heteroatoms. The third-order valence-electron chi connectivity index (χ3n) is 3.67. The van der Waals surface area contributed by atoms with Crippen LogP contribution >= 0.6 is 46.4 Å². The fourth-order valence-electron chi connectivity index (χ4n) is 2.19. The van der Waals surface area contributed by atoms with Gasteiger partial charge in [0, 0.05) is 18.7 Å². The van der Waals surface area contributed by atoms with E-state index < -0.39 is 18.5 Å². The summed E-state index contributed by atoms with van der Waals surface area (Å²) in [5, 5.41) is 3.16. The van der Waals surface area contributed by atoms with Crippen LogP contribution in [0.1, 0.15) is 19.3 Å². The minimum absolute atomic E-state index is 0.0599. The zero-order chi connectivity index (χ0) is 25.8. The first kappa shape index (κ1) is 30.8. The Bertz CT molecular complexity index is 780. The molecule has 0 radical (unpaired) electrons. The van der Waals surface area contributed by atoms with E-state index in [-0.39, 0.29) is 46.7 Å². The normalized spacial score (nSPS) is 12.3. The summed E-state index contributed by atoms with van der Waals surface area (Å²) in [7, 11) is 0. The van der Waals surface area contributed by atoms with E-state index in [9.17, 15) is 26.3 Å². The zero-order valence-corrected chi connectivity index (χ0v) is 20.2. The second kappa shape index (κ2) is 15.0. The van der Waals surface area contributed by atoms with Crippen LogP contribution in [0.4, 0.5) is 26.3 Å². The molecule has 1 aromatic rings.